The average Bonchev–Trinajstić information content (AvgIpc) is 3.05. The van der Waals surface area contributed by atoms with E-state index < -0.39 is 10.0 Å². The normalized spacial score (nSPS) is 14.9. The summed E-state index contributed by atoms with van der Waals surface area (Å²) in [6, 6.07) is 13.4. The van der Waals surface area contributed by atoms with Gasteiger partial charge in [-0.3, -0.25) is 14.3 Å². The highest BCUT2D eigenvalue weighted by Gasteiger charge is 2.18. The molecule has 0 aliphatic carbocycles. The van der Waals surface area contributed by atoms with E-state index in [1.165, 1.54) is 11.1 Å². The van der Waals surface area contributed by atoms with Gasteiger partial charge in [0.25, 0.3) is 0 Å². The molecule has 0 spiro atoms. The zero-order valence-corrected chi connectivity index (χ0v) is 18.1. The van der Waals surface area contributed by atoms with E-state index in [1.807, 2.05) is 6.92 Å². The van der Waals surface area contributed by atoms with Crippen LogP contribution in [0.2, 0.25) is 0 Å². The van der Waals surface area contributed by atoms with Crippen molar-refractivity contribution in [2.75, 3.05) is 19.6 Å². The summed E-state index contributed by atoms with van der Waals surface area (Å²) in [4.78, 5) is 14.5. The summed E-state index contributed by atoms with van der Waals surface area (Å²) < 4.78 is 30.3. The van der Waals surface area contributed by atoms with Crippen LogP contribution in [0.1, 0.15) is 24.5 Å². The number of thiazole rings is 1. The number of aromatic nitrogens is 1. The molecule has 2 heterocycles. The van der Waals surface area contributed by atoms with Gasteiger partial charge >= 0.3 is 4.87 Å². The third-order valence-electron chi connectivity index (χ3n) is 5.42. The van der Waals surface area contributed by atoms with E-state index in [0.29, 0.717) is 17.8 Å². The molecule has 1 aromatic heterocycles. The number of rotatable bonds is 7. The molecular formula is C21H25N3O3S2. The maximum atomic E-state index is 12.6. The van der Waals surface area contributed by atoms with Crippen molar-refractivity contribution in [1.82, 2.24) is 14.2 Å². The van der Waals surface area contributed by atoms with Crippen LogP contribution in [0.15, 0.2) is 52.2 Å². The lowest BCUT2D eigenvalue weighted by molar-refractivity contribution is 0.251. The van der Waals surface area contributed by atoms with Gasteiger partial charge in [0.05, 0.1) is 15.1 Å². The number of nitrogens with one attached hydrogen (secondary N) is 1. The Balaban J connectivity index is 1.35. The molecule has 1 N–H and O–H groups in total. The molecule has 0 saturated carbocycles. The number of hydrogen-bond acceptors (Lipinski definition) is 5. The standard InChI is InChI=1S/C21H25N3O3S2/c1-2-24-19-9-8-18(14-20(19)28-21(24)25)29(26,27)22-11-5-12-23-13-10-16-6-3-4-7-17(16)15-23/h3-4,6-9,14,22H,2,5,10-13,15H2,1H3. The van der Waals surface area contributed by atoms with E-state index in [9.17, 15) is 13.2 Å². The van der Waals surface area contributed by atoms with E-state index in [4.69, 9.17) is 0 Å². The molecule has 0 bridgehead atoms. The van der Waals surface area contributed by atoms with Gasteiger partial charge in [-0.2, -0.15) is 0 Å². The Morgan fingerprint density at radius 2 is 1.93 bits per heavy atom. The van der Waals surface area contributed by atoms with Crippen molar-refractivity contribution in [3.05, 3.63) is 63.3 Å². The number of hydrogen-bond donors (Lipinski definition) is 1. The van der Waals surface area contributed by atoms with Gasteiger partial charge in [-0.25, -0.2) is 13.1 Å². The zero-order chi connectivity index (χ0) is 20.4. The van der Waals surface area contributed by atoms with E-state index in [1.54, 1.807) is 22.8 Å². The summed E-state index contributed by atoms with van der Waals surface area (Å²) in [5.41, 5.74) is 3.57. The lowest BCUT2D eigenvalue weighted by Crippen LogP contribution is -2.33. The predicted octanol–water partition coefficient (Wildman–Crippen LogP) is 2.81. The monoisotopic (exact) mass is 431 g/mol. The summed E-state index contributed by atoms with van der Waals surface area (Å²) in [7, 11) is -3.59. The van der Waals surface area contributed by atoms with Crippen molar-refractivity contribution in [1.29, 1.82) is 0 Å². The molecule has 6 nitrogen and oxygen atoms in total. The van der Waals surface area contributed by atoms with Gasteiger partial charge in [-0.1, -0.05) is 35.6 Å². The topological polar surface area (TPSA) is 71.4 Å². The van der Waals surface area contributed by atoms with E-state index in [2.05, 4.69) is 33.9 Å². The fourth-order valence-electron chi connectivity index (χ4n) is 3.85. The third-order valence-corrected chi connectivity index (χ3v) is 7.82. The maximum Gasteiger partial charge on any atom is 0.308 e. The molecule has 154 valence electrons. The highest BCUT2D eigenvalue weighted by Crippen LogP contribution is 2.22. The van der Waals surface area contributed by atoms with Gasteiger partial charge in [-0.05, 0) is 55.6 Å². The molecule has 1 aliphatic heterocycles. The van der Waals surface area contributed by atoms with Gasteiger partial charge in [-0.15, -0.1) is 0 Å². The first-order valence-corrected chi connectivity index (χ1v) is 12.2. The minimum absolute atomic E-state index is 0.0619. The van der Waals surface area contributed by atoms with Crippen LogP contribution < -0.4 is 9.60 Å². The SMILES string of the molecule is CCn1c(=O)sc2cc(S(=O)(=O)NCCCN3CCc4ccccc4C3)ccc21. The third kappa shape index (κ3) is 4.30. The van der Waals surface area contributed by atoms with E-state index in [0.717, 1.165) is 49.3 Å². The lowest BCUT2D eigenvalue weighted by atomic mass is 10.00. The lowest BCUT2D eigenvalue weighted by Gasteiger charge is -2.28. The average molecular weight is 432 g/mol. The van der Waals surface area contributed by atoms with Gasteiger partial charge in [0.15, 0.2) is 0 Å². The van der Waals surface area contributed by atoms with Crippen LogP contribution in [-0.4, -0.2) is 37.5 Å². The first-order valence-electron chi connectivity index (χ1n) is 9.90. The quantitative estimate of drug-likeness (QED) is 0.584. The summed E-state index contributed by atoms with van der Waals surface area (Å²) in [6.07, 6.45) is 1.80. The van der Waals surface area contributed by atoms with Crippen molar-refractivity contribution >= 4 is 31.6 Å². The van der Waals surface area contributed by atoms with Crippen LogP contribution in [0.5, 0.6) is 0 Å². The molecule has 0 unspecified atom stereocenters. The number of sulfonamides is 1. The zero-order valence-electron chi connectivity index (χ0n) is 16.4. The largest absolute Gasteiger partial charge is 0.308 e. The van der Waals surface area contributed by atoms with Crippen LogP contribution in [0.3, 0.4) is 0 Å². The van der Waals surface area contributed by atoms with Crippen LogP contribution in [0.25, 0.3) is 10.2 Å². The smallest absolute Gasteiger partial charge is 0.299 e. The first kappa shape index (κ1) is 20.3. The van der Waals surface area contributed by atoms with Crippen molar-refractivity contribution in [2.45, 2.75) is 37.8 Å². The van der Waals surface area contributed by atoms with Gasteiger partial charge in [0.1, 0.15) is 0 Å². The van der Waals surface area contributed by atoms with Gasteiger partial charge < -0.3 is 0 Å². The van der Waals surface area contributed by atoms with Crippen molar-refractivity contribution in [3.8, 4) is 0 Å². The molecule has 0 atom stereocenters. The molecule has 0 amide bonds. The molecule has 0 saturated heterocycles. The summed E-state index contributed by atoms with van der Waals surface area (Å²) in [5, 5.41) is 0. The highest BCUT2D eigenvalue weighted by molar-refractivity contribution is 7.89. The maximum absolute atomic E-state index is 12.6. The van der Waals surface area contributed by atoms with Gasteiger partial charge in [0, 0.05) is 26.2 Å². The fraction of sp³-hybridized carbons (Fsp3) is 0.381. The van der Waals surface area contributed by atoms with Crippen LogP contribution in [-0.2, 0) is 29.5 Å². The molecule has 1 aliphatic rings. The Hall–Kier alpha value is -2.00. The molecule has 2 aromatic carbocycles. The molecule has 29 heavy (non-hydrogen) atoms. The Kier molecular flexibility index (Phi) is 5.87. The first-order chi connectivity index (χ1) is 14.0. The Labute approximate surface area is 174 Å². The Bertz CT molecular complexity index is 1180. The molecule has 8 heteroatoms. The van der Waals surface area contributed by atoms with Crippen molar-refractivity contribution in [3.63, 3.8) is 0 Å². The Morgan fingerprint density at radius 3 is 2.72 bits per heavy atom. The minimum Gasteiger partial charge on any atom is -0.299 e. The number of fused-ring (bicyclic) bond motifs is 2. The summed E-state index contributed by atoms with van der Waals surface area (Å²) in [5.74, 6) is 0. The summed E-state index contributed by atoms with van der Waals surface area (Å²) in [6.45, 7) is 5.66. The second-order valence-corrected chi connectivity index (χ2v) is 10.0. The number of aryl methyl sites for hydroxylation is 1. The number of nitrogens with zero attached hydrogens (tertiary/aromatic N) is 2. The second kappa shape index (κ2) is 8.39. The van der Waals surface area contributed by atoms with E-state index in [-0.39, 0.29) is 9.77 Å². The minimum atomic E-state index is -3.59. The Morgan fingerprint density at radius 1 is 1.14 bits per heavy atom. The van der Waals surface area contributed by atoms with Crippen LogP contribution in [0, 0.1) is 0 Å². The second-order valence-electron chi connectivity index (χ2n) is 7.29. The molecule has 0 radical (unpaired) electrons. The molecular weight excluding hydrogens is 406 g/mol. The van der Waals surface area contributed by atoms with Crippen LogP contribution in [0.4, 0.5) is 0 Å². The fourth-order valence-corrected chi connectivity index (χ4v) is 6.02. The predicted molar refractivity (Wildman–Crippen MR) is 117 cm³/mol. The van der Waals surface area contributed by atoms with Crippen molar-refractivity contribution < 1.29 is 8.42 Å². The molecule has 3 aromatic rings. The van der Waals surface area contributed by atoms with Gasteiger partial charge in [0.2, 0.25) is 10.0 Å². The van der Waals surface area contributed by atoms with Crippen LogP contribution >= 0.6 is 11.3 Å². The highest BCUT2D eigenvalue weighted by atomic mass is 32.2. The number of benzene rings is 2. The van der Waals surface area contributed by atoms with E-state index >= 15 is 0 Å². The van der Waals surface area contributed by atoms with Crippen molar-refractivity contribution in [2.24, 2.45) is 0 Å². The molecule has 4 rings (SSSR count). The summed E-state index contributed by atoms with van der Waals surface area (Å²) >= 11 is 1.08. The molecule has 0 fully saturated rings.